The van der Waals surface area contributed by atoms with E-state index in [4.69, 9.17) is 25.7 Å². The van der Waals surface area contributed by atoms with Gasteiger partial charge >= 0.3 is 6.03 Å². The second kappa shape index (κ2) is 19.0. The molecule has 0 saturated carbocycles. The number of amides is 5. The summed E-state index contributed by atoms with van der Waals surface area (Å²) in [5.74, 6) is -0.183. The van der Waals surface area contributed by atoms with Gasteiger partial charge in [0.15, 0.2) is 0 Å². The molecule has 0 bridgehead atoms. The SMILES string of the molecule is NC(=O)CCC(CCCOCCOCCOCCCNC(=O)CCCC[C@@H]1SC[C@@H]2NC(=O)N[C@@H]21)C(N)=O. The van der Waals surface area contributed by atoms with Crippen LogP contribution in [-0.4, -0.2) is 93.0 Å². The van der Waals surface area contributed by atoms with Crippen LogP contribution in [0.25, 0.3) is 0 Å². The van der Waals surface area contributed by atoms with Gasteiger partial charge in [0, 0.05) is 49.5 Å². The molecule has 2 fully saturated rings. The Morgan fingerprint density at radius 3 is 2.26 bits per heavy atom. The lowest BCUT2D eigenvalue weighted by Crippen LogP contribution is -2.36. The summed E-state index contributed by atoms with van der Waals surface area (Å²) >= 11 is 1.90. The maximum Gasteiger partial charge on any atom is 0.315 e. The van der Waals surface area contributed by atoms with E-state index < -0.39 is 11.8 Å². The molecule has 4 atom stereocenters. The van der Waals surface area contributed by atoms with Gasteiger partial charge in [-0.25, -0.2) is 4.79 Å². The van der Waals surface area contributed by atoms with Crippen LogP contribution in [0.15, 0.2) is 0 Å². The van der Waals surface area contributed by atoms with Crippen LogP contribution in [0, 0.1) is 5.92 Å². The first kappa shape index (κ1) is 32.1. The van der Waals surface area contributed by atoms with Crippen LogP contribution >= 0.6 is 11.8 Å². The molecule has 0 aliphatic carbocycles. The molecule has 2 saturated heterocycles. The van der Waals surface area contributed by atoms with E-state index in [2.05, 4.69) is 16.0 Å². The zero-order valence-electron chi connectivity index (χ0n) is 22.3. The molecular weight excluding hydrogens is 514 g/mol. The van der Waals surface area contributed by atoms with Crippen LogP contribution in [0.1, 0.15) is 57.8 Å². The van der Waals surface area contributed by atoms with Crippen LogP contribution in [-0.2, 0) is 28.6 Å². The highest BCUT2D eigenvalue weighted by molar-refractivity contribution is 8.00. The average Bonchev–Trinajstić information content (AvgIpc) is 3.42. The molecule has 5 amide bonds. The summed E-state index contributed by atoms with van der Waals surface area (Å²) in [6, 6.07) is 0.408. The maximum atomic E-state index is 12.0. The number of unbranched alkanes of at least 4 members (excludes halogenated alkanes) is 1. The molecule has 0 radical (unpaired) electrons. The molecule has 0 spiro atoms. The second-order valence-electron chi connectivity index (χ2n) is 9.65. The van der Waals surface area contributed by atoms with E-state index in [0.29, 0.717) is 77.1 Å². The Bertz CT molecular complexity index is 745. The van der Waals surface area contributed by atoms with Crippen LogP contribution in [0.5, 0.6) is 0 Å². The van der Waals surface area contributed by atoms with Gasteiger partial charge in [-0.1, -0.05) is 6.42 Å². The summed E-state index contributed by atoms with van der Waals surface area (Å²) in [6.45, 7) is 3.47. The van der Waals surface area contributed by atoms with E-state index in [-0.39, 0.29) is 36.4 Å². The fraction of sp³-hybridized carbons (Fsp3) is 0.840. The van der Waals surface area contributed by atoms with E-state index in [9.17, 15) is 19.2 Å². The predicted octanol–water partition coefficient (Wildman–Crippen LogP) is 0.416. The first-order valence-electron chi connectivity index (χ1n) is 13.6. The lowest BCUT2D eigenvalue weighted by Gasteiger charge is -2.16. The van der Waals surface area contributed by atoms with Gasteiger partial charge in [-0.05, 0) is 38.5 Å². The molecule has 12 nitrogen and oxygen atoms in total. The smallest absolute Gasteiger partial charge is 0.315 e. The highest BCUT2D eigenvalue weighted by atomic mass is 32.2. The number of fused-ring (bicyclic) bond motifs is 1. The third-order valence-corrected chi connectivity index (χ3v) is 8.10. The molecule has 0 aromatic rings. The minimum Gasteiger partial charge on any atom is -0.379 e. The Kier molecular flexibility index (Phi) is 16.1. The predicted molar refractivity (Wildman–Crippen MR) is 144 cm³/mol. The van der Waals surface area contributed by atoms with Crippen molar-refractivity contribution in [3.8, 4) is 0 Å². The van der Waals surface area contributed by atoms with Crippen LogP contribution < -0.4 is 27.4 Å². The van der Waals surface area contributed by atoms with Gasteiger partial charge in [-0.3, -0.25) is 14.4 Å². The molecular formula is C25H45N5O7S. The molecule has 2 heterocycles. The minimum absolute atomic E-state index is 0.0624. The van der Waals surface area contributed by atoms with Crippen molar-refractivity contribution in [1.82, 2.24) is 16.0 Å². The van der Waals surface area contributed by atoms with Crippen LogP contribution in [0.3, 0.4) is 0 Å². The van der Waals surface area contributed by atoms with E-state index in [1.54, 1.807) is 0 Å². The Labute approximate surface area is 229 Å². The lowest BCUT2D eigenvalue weighted by molar-refractivity contribution is -0.123. The van der Waals surface area contributed by atoms with Crippen LogP contribution in [0.4, 0.5) is 4.79 Å². The van der Waals surface area contributed by atoms with Crippen LogP contribution in [0.2, 0.25) is 0 Å². The molecule has 218 valence electrons. The Morgan fingerprint density at radius 2 is 1.58 bits per heavy atom. The third-order valence-electron chi connectivity index (χ3n) is 6.60. The van der Waals surface area contributed by atoms with E-state index >= 15 is 0 Å². The molecule has 2 aliphatic heterocycles. The molecule has 7 N–H and O–H groups in total. The first-order chi connectivity index (χ1) is 18.4. The number of nitrogens with two attached hydrogens (primary N) is 2. The van der Waals surface area contributed by atoms with E-state index in [0.717, 1.165) is 31.4 Å². The summed E-state index contributed by atoms with van der Waals surface area (Å²) in [4.78, 5) is 45.6. The largest absolute Gasteiger partial charge is 0.379 e. The number of hydrogen-bond acceptors (Lipinski definition) is 8. The fourth-order valence-corrected chi connectivity index (χ4v) is 6.03. The molecule has 1 unspecified atom stereocenters. The Morgan fingerprint density at radius 1 is 0.895 bits per heavy atom. The first-order valence-corrected chi connectivity index (χ1v) is 14.7. The number of hydrogen-bond donors (Lipinski definition) is 5. The van der Waals surface area contributed by atoms with Crippen molar-refractivity contribution in [2.45, 2.75) is 75.1 Å². The molecule has 0 aromatic heterocycles. The number of primary amides is 2. The number of urea groups is 1. The summed E-state index contributed by atoms with van der Waals surface area (Å²) in [5, 5.41) is 9.31. The minimum atomic E-state index is -0.435. The van der Waals surface area contributed by atoms with Gasteiger partial charge in [-0.15, -0.1) is 0 Å². The number of ether oxygens (including phenoxy) is 3. The molecule has 2 aliphatic rings. The number of rotatable bonds is 23. The van der Waals surface area contributed by atoms with Crippen molar-refractivity contribution in [2.75, 3.05) is 51.9 Å². The molecule has 0 aromatic carbocycles. The van der Waals surface area contributed by atoms with Crippen molar-refractivity contribution >= 4 is 35.5 Å². The van der Waals surface area contributed by atoms with Gasteiger partial charge < -0.3 is 41.6 Å². The van der Waals surface area contributed by atoms with Gasteiger partial charge in [0.25, 0.3) is 0 Å². The summed E-state index contributed by atoms with van der Waals surface area (Å²) in [7, 11) is 0. The zero-order chi connectivity index (χ0) is 27.6. The summed E-state index contributed by atoms with van der Waals surface area (Å²) in [5.41, 5.74) is 10.5. The molecule has 13 heteroatoms. The quantitative estimate of drug-likeness (QED) is 0.0880. The summed E-state index contributed by atoms with van der Waals surface area (Å²) in [6.07, 6.45) is 5.88. The number of carbonyl (C=O) groups excluding carboxylic acids is 4. The van der Waals surface area contributed by atoms with Crippen molar-refractivity contribution in [2.24, 2.45) is 17.4 Å². The van der Waals surface area contributed by atoms with Crippen molar-refractivity contribution in [3.05, 3.63) is 0 Å². The monoisotopic (exact) mass is 559 g/mol. The maximum absolute atomic E-state index is 12.0. The third kappa shape index (κ3) is 13.6. The Hall–Kier alpha value is -2.09. The van der Waals surface area contributed by atoms with Crippen molar-refractivity contribution < 1.29 is 33.4 Å². The fourth-order valence-electron chi connectivity index (χ4n) is 4.48. The van der Waals surface area contributed by atoms with Crippen molar-refractivity contribution in [1.29, 1.82) is 0 Å². The average molecular weight is 560 g/mol. The second-order valence-corrected chi connectivity index (χ2v) is 10.9. The zero-order valence-corrected chi connectivity index (χ0v) is 23.1. The van der Waals surface area contributed by atoms with Gasteiger partial charge in [0.2, 0.25) is 17.7 Å². The standard InChI is InChI=1S/C25H45N5O7S/c26-21(31)9-8-18(24(27)33)5-3-11-35-13-15-37-16-14-36-12-4-10-28-22(32)7-2-1-6-20-23-19(17-38-20)29-25(34)30-23/h18-20,23H,1-17H2,(H2,26,31)(H2,27,33)(H,28,32)(H2,29,30,34)/t18?,19-,20-,23-/m0/s1. The van der Waals surface area contributed by atoms with E-state index in [1.165, 1.54) is 0 Å². The number of nitrogens with one attached hydrogen (secondary N) is 3. The molecule has 38 heavy (non-hydrogen) atoms. The normalized spacial score (nSPS) is 20.9. The van der Waals surface area contributed by atoms with Gasteiger partial charge in [-0.2, -0.15) is 11.8 Å². The number of thioether (sulfide) groups is 1. The lowest BCUT2D eigenvalue weighted by atomic mass is 9.97. The van der Waals surface area contributed by atoms with E-state index in [1.807, 2.05) is 11.8 Å². The van der Waals surface area contributed by atoms with Crippen molar-refractivity contribution in [3.63, 3.8) is 0 Å². The Balaban J connectivity index is 1.30. The summed E-state index contributed by atoms with van der Waals surface area (Å²) < 4.78 is 16.5. The van der Waals surface area contributed by atoms with Gasteiger partial charge in [0.1, 0.15) is 0 Å². The van der Waals surface area contributed by atoms with Gasteiger partial charge in [0.05, 0.1) is 38.5 Å². The highest BCUT2D eigenvalue weighted by Gasteiger charge is 2.42. The topological polar surface area (TPSA) is 184 Å². The number of carbonyl (C=O) groups is 4. The molecule has 2 rings (SSSR count). The highest BCUT2D eigenvalue weighted by Crippen LogP contribution is 2.33.